The van der Waals surface area contributed by atoms with Gasteiger partial charge < -0.3 is 11.1 Å². The minimum atomic E-state index is -0.492. The van der Waals surface area contributed by atoms with Gasteiger partial charge in [-0.25, -0.2) is 0 Å². The number of anilines is 1. The number of primary amides is 1. The lowest BCUT2D eigenvalue weighted by Crippen LogP contribution is -2.40. The van der Waals surface area contributed by atoms with Crippen LogP contribution in [0.25, 0.3) is 0 Å². The molecule has 5 nitrogen and oxygen atoms in total. The Morgan fingerprint density at radius 1 is 1.08 bits per heavy atom. The zero-order valence-corrected chi connectivity index (χ0v) is 15.8. The molecule has 2 amide bonds. The van der Waals surface area contributed by atoms with Crippen LogP contribution in [0, 0.1) is 0 Å². The van der Waals surface area contributed by atoms with E-state index in [1.54, 1.807) is 24.3 Å². The summed E-state index contributed by atoms with van der Waals surface area (Å²) in [6, 6.07) is 14.3. The van der Waals surface area contributed by atoms with Crippen LogP contribution in [-0.4, -0.2) is 17.9 Å². The van der Waals surface area contributed by atoms with Crippen molar-refractivity contribution < 1.29 is 9.59 Å². The van der Waals surface area contributed by atoms with E-state index in [0.29, 0.717) is 11.3 Å². The molecule has 0 aliphatic rings. The SMILES string of the molecule is CC[C@@H](N[C@H](C)C(=O)Nc1ccc(C(N)=O)cc1)c1ccc(Br)cc1. The van der Waals surface area contributed by atoms with E-state index in [1.165, 1.54) is 0 Å². The van der Waals surface area contributed by atoms with Gasteiger partial charge in [0.05, 0.1) is 6.04 Å². The molecule has 0 fully saturated rings. The first-order chi connectivity index (χ1) is 11.9. The van der Waals surface area contributed by atoms with Gasteiger partial charge >= 0.3 is 0 Å². The van der Waals surface area contributed by atoms with Gasteiger partial charge in [-0.05, 0) is 55.3 Å². The van der Waals surface area contributed by atoms with Crippen molar-refractivity contribution in [3.8, 4) is 0 Å². The monoisotopic (exact) mass is 403 g/mol. The van der Waals surface area contributed by atoms with E-state index in [-0.39, 0.29) is 18.0 Å². The number of halogens is 1. The Bertz CT molecular complexity index is 729. The molecule has 0 aromatic heterocycles. The van der Waals surface area contributed by atoms with Crippen molar-refractivity contribution >= 4 is 33.4 Å². The molecule has 0 saturated heterocycles. The van der Waals surface area contributed by atoms with Crippen LogP contribution in [0.1, 0.15) is 42.2 Å². The van der Waals surface area contributed by atoms with E-state index in [4.69, 9.17) is 5.73 Å². The van der Waals surface area contributed by atoms with Gasteiger partial charge in [0, 0.05) is 21.8 Å². The second-order valence-corrected chi connectivity index (χ2v) is 6.75. The van der Waals surface area contributed by atoms with E-state index in [9.17, 15) is 9.59 Å². The van der Waals surface area contributed by atoms with Crippen LogP contribution in [0.5, 0.6) is 0 Å². The molecule has 6 heteroatoms. The second-order valence-electron chi connectivity index (χ2n) is 5.83. The van der Waals surface area contributed by atoms with E-state index in [2.05, 4.69) is 33.5 Å². The zero-order valence-electron chi connectivity index (χ0n) is 14.3. The number of amides is 2. The van der Waals surface area contributed by atoms with Crippen LogP contribution >= 0.6 is 15.9 Å². The van der Waals surface area contributed by atoms with Crippen molar-refractivity contribution in [3.63, 3.8) is 0 Å². The predicted molar refractivity (Wildman–Crippen MR) is 103 cm³/mol. The highest BCUT2D eigenvalue weighted by Gasteiger charge is 2.18. The summed E-state index contributed by atoms with van der Waals surface area (Å²) < 4.78 is 1.02. The van der Waals surface area contributed by atoms with Crippen molar-refractivity contribution in [1.82, 2.24) is 5.32 Å². The van der Waals surface area contributed by atoms with Gasteiger partial charge in [0.2, 0.25) is 11.8 Å². The van der Waals surface area contributed by atoms with Gasteiger partial charge in [-0.1, -0.05) is 35.0 Å². The van der Waals surface area contributed by atoms with E-state index in [1.807, 2.05) is 31.2 Å². The van der Waals surface area contributed by atoms with Gasteiger partial charge in [0.15, 0.2) is 0 Å². The normalized spacial score (nSPS) is 13.1. The molecule has 132 valence electrons. The summed E-state index contributed by atoms with van der Waals surface area (Å²) in [6.45, 7) is 3.90. The number of carbonyl (C=O) groups is 2. The smallest absolute Gasteiger partial charge is 0.248 e. The average Bonchev–Trinajstić information content (AvgIpc) is 2.60. The number of hydrogen-bond donors (Lipinski definition) is 3. The Morgan fingerprint density at radius 3 is 2.20 bits per heavy atom. The third-order valence-electron chi connectivity index (χ3n) is 3.96. The summed E-state index contributed by atoms with van der Waals surface area (Å²) in [5.41, 5.74) is 7.38. The predicted octanol–water partition coefficient (Wildman–Crippen LogP) is 3.62. The average molecular weight is 404 g/mol. The summed E-state index contributed by atoms with van der Waals surface area (Å²) in [5, 5.41) is 6.19. The van der Waals surface area contributed by atoms with Gasteiger partial charge in [-0.2, -0.15) is 0 Å². The first kappa shape index (κ1) is 19.1. The quantitative estimate of drug-likeness (QED) is 0.659. The molecule has 0 radical (unpaired) electrons. The van der Waals surface area contributed by atoms with Crippen LogP contribution in [0.15, 0.2) is 53.0 Å². The van der Waals surface area contributed by atoms with Crippen molar-refractivity contribution in [3.05, 3.63) is 64.1 Å². The Morgan fingerprint density at radius 2 is 1.68 bits per heavy atom. The third-order valence-corrected chi connectivity index (χ3v) is 4.49. The highest BCUT2D eigenvalue weighted by molar-refractivity contribution is 9.10. The summed E-state index contributed by atoms with van der Waals surface area (Å²) in [5.74, 6) is -0.629. The van der Waals surface area contributed by atoms with Crippen molar-refractivity contribution in [1.29, 1.82) is 0 Å². The molecular formula is C19H22BrN3O2. The molecule has 2 aromatic rings. The van der Waals surface area contributed by atoms with Gasteiger partial charge in [-0.15, -0.1) is 0 Å². The molecular weight excluding hydrogens is 382 g/mol. The van der Waals surface area contributed by atoms with Crippen molar-refractivity contribution in [2.75, 3.05) is 5.32 Å². The highest BCUT2D eigenvalue weighted by atomic mass is 79.9. The molecule has 2 rings (SSSR count). The summed E-state index contributed by atoms with van der Waals surface area (Å²) in [6.07, 6.45) is 0.868. The lowest BCUT2D eigenvalue weighted by Gasteiger charge is -2.22. The van der Waals surface area contributed by atoms with Crippen LogP contribution < -0.4 is 16.4 Å². The zero-order chi connectivity index (χ0) is 18.4. The Labute approximate surface area is 156 Å². The number of nitrogens with two attached hydrogens (primary N) is 1. The van der Waals surface area contributed by atoms with E-state index in [0.717, 1.165) is 16.5 Å². The largest absolute Gasteiger partial charge is 0.366 e. The first-order valence-electron chi connectivity index (χ1n) is 8.13. The standard InChI is InChI=1S/C19H22BrN3O2/c1-3-17(13-4-8-15(20)9-5-13)22-12(2)19(25)23-16-10-6-14(7-11-16)18(21)24/h4-12,17,22H,3H2,1-2H3,(H2,21,24)(H,23,25)/t12-,17-/m1/s1. The highest BCUT2D eigenvalue weighted by Crippen LogP contribution is 2.20. The maximum Gasteiger partial charge on any atom is 0.248 e. The number of benzene rings is 2. The maximum atomic E-state index is 12.4. The van der Waals surface area contributed by atoms with Crippen LogP contribution in [-0.2, 0) is 4.79 Å². The molecule has 0 aliphatic heterocycles. The van der Waals surface area contributed by atoms with Gasteiger partial charge in [-0.3, -0.25) is 14.9 Å². The van der Waals surface area contributed by atoms with Gasteiger partial charge in [0.1, 0.15) is 0 Å². The van der Waals surface area contributed by atoms with Crippen molar-refractivity contribution in [2.45, 2.75) is 32.4 Å². The number of rotatable bonds is 7. The number of hydrogen-bond acceptors (Lipinski definition) is 3. The van der Waals surface area contributed by atoms with Gasteiger partial charge in [0.25, 0.3) is 0 Å². The molecule has 0 saturated carbocycles. The minimum Gasteiger partial charge on any atom is -0.366 e. The summed E-state index contributed by atoms with van der Waals surface area (Å²) in [4.78, 5) is 23.5. The van der Waals surface area contributed by atoms with E-state index < -0.39 is 5.91 Å². The number of nitrogens with one attached hydrogen (secondary N) is 2. The molecule has 4 N–H and O–H groups in total. The van der Waals surface area contributed by atoms with E-state index >= 15 is 0 Å². The molecule has 0 heterocycles. The fourth-order valence-electron chi connectivity index (χ4n) is 2.49. The topological polar surface area (TPSA) is 84.2 Å². The molecule has 2 aromatic carbocycles. The maximum absolute atomic E-state index is 12.4. The molecule has 0 unspecified atom stereocenters. The number of carbonyl (C=O) groups excluding carboxylic acids is 2. The third kappa shape index (κ3) is 5.41. The molecule has 0 spiro atoms. The van der Waals surface area contributed by atoms with Crippen LogP contribution in [0.4, 0.5) is 5.69 Å². The Hall–Kier alpha value is -2.18. The first-order valence-corrected chi connectivity index (χ1v) is 8.92. The molecule has 0 aliphatic carbocycles. The fraction of sp³-hybridized carbons (Fsp3) is 0.263. The lowest BCUT2D eigenvalue weighted by molar-refractivity contribution is -0.118. The summed E-state index contributed by atoms with van der Waals surface area (Å²) in [7, 11) is 0. The Kier molecular flexibility index (Phi) is 6.73. The molecule has 2 atom stereocenters. The lowest BCUT2D eigenvalue weighted by atomic mass is 10.0. The minimum absolute atomic E-state index is 0.0890. The molecule has 0 bridgehead atoms. The summed E-state index contributed by atoms with van der Waals surface area (Å²) >= 11 is 3.43. The van der Waals surface area contributed by atoms with Crippen LogP contribution in [0.2, 0.25) is 0 Å². The van der Waals surface area contributed by atoms with Crippen LogP contribution in [0.3, 0.4) is 0 Å². The fourth-order valence-corrected chi connectivity index (χ4v) is 2.76. The van der Waals surface area contributed by atoms with Crippen molar-refractivity contribution in [2.24, 2.45) is 5.73 Å². The molecule has 25 heavy (non-hydrogen) atoms. The second kappa shape index (κ2) is 8.78. The Balaban J connectivity index is 1.98.